The summed E-state index contributed by atoms with van der Waals surface area (Å²) in [5.41, 5.74) is 3.12. The van der Waals surface area contributed by atoms with Gasteiger partial charge in [-0.25, -0.2) is 4.79 Å². The molecule has 2 atom stereocenters. The Labute approximate surface area is 361 Å². The van der Waals surface area contributed by atoms with Crippen LogP contribution in [-0.2, 0) is 21.9 Å². The lowest BCUT2D eigenvalue weighted by atomic mass is 10.0. The number of hydrogen-bond acceptors (Lipinski definition) is 15. The molecule has 8 aromatic rings. The summed E-state index contributed by atoms with van der Waals surface area (Å²) in [6, 6.07) is 27.0. The fraction of sp³-hybridized carbons (Fsp3) is 0.163. The van der Waals surface area contributed by atoms with Crippen LogP contribution in [0.25, 0.3) is 68.6 Å². The first-order valence-electron chi connectivity index (χ1n) is 18.9. The van der Waals surface area contributed by atoms with E-state index in [2.05, 4.69) is 36.3 Å². The van der Waals surface area contributed by atoms with Crippen molar-refractivity contribution in [3.63, 3.8) is 0 Å². The van der Waals surface area contributed by atoms with Gasteiger partial charge in [0.15, 0.2) is 11.9 Å². The first kappa shape index (κ1) is 46.7. The lowest BCUT2D eigenvalue weighted by Crippen LogP contribution is -2.10. The van der Waals surface area contributed by atoms with Crippen LogP contribution in [0.3, 0.4) is 0 Å². The summed E-state index contributed by atoms with van der Waals surface area (Å²) in [6.45, 7) is 1.64. The minimum absolute atomic E-state index is 0.00800. The summed E-state index contributed by atoms with van der Waals surface area (Å²) < 4.78 is 103. The second-order valence-electron chi connectivity index (χ2n) is 13.3. The molecule has 0 aliphatic rings. The molecule has 0 saturated heterocycles. The van der Waals surface area contributed by atoms with E-state index in [1.165, 1.54) is 79.8 Å². The molecule has 0 radical (unpaired) electrons. The number of carbonyl (C=O) groups excluding carboxylic acids is 1. The third-order valence-electron chi connectivity index (χ3n) is 9.14. The number of hydrogen-bond donors (Lipinski definition) is 4. The highest BCUT2D eigenvalue weighted by Gasteiger charge is 2.44. The Kier molecular flexibility index (Phi) is 14.1. The number of nitrogens with two attached hydrogens (primary N) is 1. The number of aromatic nitrogens is 6. The van der Waals surface area contributed by atoms with Gasteiger partial charge in [-0.15, -0.1) is 0 Å². The number of aliphatic hydroxyl groups excluding tert-OH is 2. The summed E-state index contributed by atoms with van der Waals surface area (Å²) in [7, 11) is 1.50. The Bertz CT molecular complexity index is 2840. The highest BCUT2D eigenvalue weighted by Crippen LogP contribution is 2.44. The highest BCUT2D eigenvalue weighted by molar-refractivity contribution is 5.84. The van der Waals surface area contributed by atoms with E-state index in [1.807, 2.05) is 0 Å². The first-order valence-corrected chi connectivity index (χ1v) is 18.9. The quantitative estimate of drug-likeness (QED) is 0.0884. The van der Waals surface area contributed by atoms with E-state index in [9.17, 15) is 46.1 Å². The van der Waals surface area contributed by atoms with Crippen molar-refractivity contribution in [1.29, 1.82) is 0 Å². The fourth-order valence-electron chi connectivity index (χ4n) is 6.00. The zero-order valence-corrected chi connectivity index (χ0v) is 33.6. The molecule has 4 aromatic carbocycles. The molecule has 4 aromatic heterocycles. The van der Waals surface area contributed by atoms with Crippen LogP contribution >= 0.6 is 0 Å². The molecule has 0 fully saturated rings. The number of carboxylic acids is 1. The average molecular weight is 906 g/mol. The SMILES string of the molecule is CCC(=O)C(O)c1ccc(-c2noc(-c3onc(-c4ccccc4)c3C(F)(F)F)n2)cc1.CN.O=C(O)C(O)c1ccc(-c2noc(-c3onc(-c4ccccc4)c3C(F)(F)F)n2)cc1. The number of benzene rings is 4. The molecule has 65 heavy (non-hydrogen) atoms. The van der Waals surface area contributed by atoms with Crippen molar-refractivity contribution >= 4 is 11.8 Å². The summed E-state index contributed by atoms with van der Waals surface area (Å²) in [4.78, 5) is 30.4. The molecule has 4 heterocycles. The van der Waals surface area contributed by atoms with E-state index in [4.69, 9.17) is 23.2 Å². The van der Waals surface area contributed by atoms with Gasteiger partial charge in [-0.1, -0.05) is 137 Å². The van der Waals surface area contributed by atoms with Gasteiger partial charge in [0.1, 0.15) is 28.6 Å². The highest BCUT2D eigenvalue weighted by atomic mass is 19.4. The molecule has 16 nitrogen and oxygen atoms in total. The lowest BCUT2D eigenvalue weighted by Gasteiger charge is -2.08. The lowest BCUT2D eigenvalue weighted by molar-refractivity contribution is -0.147. The van der Waals surface area contributed by atoms with Gasteiger partial charge in [-0.05, 0) is 18.2 Å². The maximum absolute atomic E-state index is 13.8. The second-order valence-corrected chi connectivity index (χ2v) is 13.3. The van der Waals surface area contributed by atoms with E-state index in [1.54, 1.807) is 43.3 Å². The van der Waals surface area contributed by atoms with E-state index < -0.39 is 70.7 Å². The molecule has 5 N–H and O–H groups in total. The molecular weight excluding hydrogens is 873 g/mol. The Morgan fingerprint density at radius 1 is 0.554 bits per heavy atom. The predicted molar refractivity (Wildman–Crippen MR) is 214 cm³/mol. The van der Waals surface area contributed by atoms with Crippen molar-refractivity contribution in [2.24, 2.45) is 5.73 Å². The first-order chi connectivity index (χ1) is 31.0. The molecular formula is C43H33F6N7O9. The molecule has 336 valence electrons. The van der Waals surface area contributed by atoms with Gasteiger partial charge in [0, 0.05) is 28.7 Å². The molecule has 8 rings (SSSR count). The van der Waals surface area contributed by atoms with E-state index in [0.29, 0.717) is 16.7 Å². The van der Waals surface area contributed by atoms with Crippen molar-refractivity contribution in [2.75, 3.05) is 7.05 Å². The largest absolute Gasteiger partial charge is 0.479 e. The van der Waals surface area contributed by atoms with Crippen molar-refractivity contribution in [3.8, 4) is 68.6 Å². The predicted octanol–water partition coefficient (Wildman–Crippen LogP) is 8.86. The zero-order valence-electron chi connectivity index (χ0n) is 33.6. The maximum atomic E-state index is 13.8. The third kappa shape index (κ3) is 10.4. The zero-order chi connectivity index (χ0) is 47.1. The van der Waals surface area contributed by atoms with Gasteiger partial charge in [-0.2, -0.15) is 36.3 Å². The topological polar surface area (TPSA) is 251 Å². The van der Waals surface area contributed by atoms with Gasteiger partial charge in [0.05, 0.1) is 0 Å². The fourth-order valence-corrected chi connectivity index (χ4v) is 6.00. The number of nitrogens with zero attached hydrogens (tertiary/aromatic N) is 6. The van der Waals surface area contributed by atoms with Crippen LogP contribution in [-0.4, -0.2) is 64.7 Å². The molecule has 2 unspecified atom stereocenters. The smallest absolute Gasteiger partial charge is 0.422 e. The van der Waals surface area contributed by atoms with Crippen LogP contribution in [0.15, 0.2) is 127 Å². The second kappa shape index (κ2) is 19.7. The summed E-state index contributed by atoms with van der Waals surface area (Å²) in [5, 5.41) is 42.9. The minimum Gasteiger partial charge on any atom is -0.479 e. The van der Waals surface area contributed by atoms with E-state index >= 15 is 0 Å². The number of rotatable bonds is 11. The van der Waals surface area contributed by atoms with Crippen LogP contribution < -0.4 is 5.73 Å². The standard InChI is InChI=1S/C22H16F3N3O4.C20H12F3N3O5.CH5N/c1-2-15(29)18(30)13-8-10-14(11-9-13)20-26-21(32-28-20)19-16(22(23,24)25)17(27-31-19)12-6-4-3-5-7-12;21-20(22,23)13-14(10-4-2-1-3-5-10)25-30-16(13)18-24-17(26-31-18)12-8-6-11(7-9-12)15(27)19(28)29;1-2/h3-11,18,30H,2H2,1H3;1-9,15,27H,(H,28,29);2H2,1H3. The number of alkyl halides is 6. The van der Waals surface area contributed by atoms with Gasteiger partial charge < -0.3 is 39.1 Å². The number of aliphatic carboxylic acids is 1. The molecule has 0 aliphatic carbocycles. The number of halogens is 6. The Hall–Kier alpha value is -7.82. The molecule has 0 bridgehead atoms. The molecule has 0 saturated carbocycles. The third-order valence-corrected chi connectivity index (χ3v) is 9.14. The van der Waals surface area contributed by atoms with Crippen molar-refractivity contribution in [2.45, 2.75) is 37.9 Å². The van der Waals surface area contributed by atoms with Gasteiger partial charge in [0.2, 0.25) is 23.2 Å². The summed E-state index contributed by atoms with van der Waals surface area (Å²) in [6.07, 6.45) is -12.4. The average Bonchev–Trinajstić information content (AvgIpc) is 4.16. The number of carbonyl (C=O) groups is 2. The van der Waals surface area contributed by atoms with Crippen LogP contribution in [0.5, 0.6) is 0 Å². The number of ketones is 1. The maximum Gasteiger partial charge on any atom is 0.422 e. The monoisotopic (exact) mass is 905 g/mol. The summed E-state index contributed by atoms with van der Waals surface area (Å²) >= 11 is 0. The van der Waals surface area contributed by atoms with Gasteiger partial charge >= 0.3 is 18.3 Å². The molecule has 0 aliphatic heterocycles. The summed E-state index contributed by atoms with van der Waals surface area (Å²) in [5.74, 6) is -4.21. The van der Waals surface area contributed by atoms with Crippen LogP contribution in [0.2, 0.25) is 0 Å². The number of Topliss-reactive ketones (excluding diaryl/α,β-unsaturated/α-hetero) is 1. The molecule has 0 spiro atoms. The van der Waals surface area contributed by atoms with Gasteiger partial charge in [-0.3, -0.25) is 4.79 Å². The Morgan fingerprint density at radius 2 is 0.923 bits per heavy atom. The normalized spacial score (nSPS) is 12.4. The Morgan fingerprint density at radius 3 is 1.26 bits per heavy atom. The molecule has 0 amide bonds. The number of aliphatic hydroxyl groups is 2. The van der Waals surface area contributed by atoms with Crippen molar-refractivity contribution in [3.05, 3.63) is 131 Å². The van der Waals surface area contributed by atoms with E-state index in [-0.39, 0.29) is 46.2 Å². The van der Waals surface area contributed by atoms with Gasteiger partial charge in [0.25, 0.3) is 11.8 Å². The number of carboxylic acid groups (broad SMARTS) is 1. The Balaban J connectivity index is 0.000000208. The van der Waals surface area contributed by atoms with E-state index in [0.717, 1.165) is 0 Å². The van der Waals surface area contributed by atoms with Crippen LogP contribution in [0.1, 0.15) is 47.8 Å². The molecule has 22 heteroatoms. The van der Waals surface area contributed by atoms with Crippen molar-refractivity contribution < 1.29 is 69.3 Å². The van der Waals surface area contributed by atoms with Crippen LogP contribution in [0, 0.1) is 0 Å². The minimum atomic E-state index is -4.80. The van der Waals surface area contributed by atoms with Crippen LogP contribution in [0.4, 0.5) is 26.3 Å². The van der Waals surface area contributed by atoms with Crippen molar-refractivity contribution in [1.82, 2.24) is 30.6 Å².